The lowest BCUT2D eigenvalue weighted by Crippen LogP contribution is -2.31. The fourth-order valence-corrected chi connectivity index (χ4v) is 1.88. The lowest BCUT2D eigenvalue weighted by Gasteiger charge is -2.31. The van der Waals surface area contributed by atoms with Gasteiger partial charge in [0.25, 0.3) is 0 Å². The molecule has 0 bridgehead atoms. The van der Waals surface area contributed by atoms with E-state index in [1.54, 1.807) is 0 Å². The van der Waals surface area contributed by atoms with Crippen LogP contribution in [0.2, 0.25) is 0 Å². The Bertz CT molecular complexity index is 328. The molecule has 1 nitrogen and oxygen atoms in total. The van der Waals surface area contributed by atoms with E-state index in [-0.39, 0.29) is 0 Å². The molecule has 1 atom stereocenters. The second kappa shape index (κ2) is 3.25. The van der Waals surface area contributed by atoms with E-state index in [2.05, 4.69) is 55.3 Å². The van der Waals surface area contributed by atoms with Crippen LogP contribution in [0.15, 0.2) is 30.3 Å². The van der Waals surface area contributed by atoms with Crippen LogP contribution in [-0.2, 0) is 0 Å². The highest BCUT2D eigenvalue weighted by Gasteiger charge is 2.15. The molecule has 1 heteroatoms. The molecule has 1 aliphatic heterocycles. The van der Waals surface area contributed by atoms with Crippen LogP contribution in [0.4, 0.5) is 5.69 Å². The fraction of sp³-hybridized carbons (Fsp3) is 0.333. The third kappa shape index (κ3) is 1.35. The molecule has 2 rings (SSSR count). The second-order valence-electron chi connectivity index (χ2n) is 3.50. The first-order valence-electron chi connectivity index (χ1n) is 4.83. The summed E-state index contributed by atoms with van der Waals surface area (Å²) in [5, 5.41) is 0. The van der Waals surface area contributed by atoms with E-state index in [0.717, 1.165) is 0 Å². The third-order valence-electron chi connectivity index (χ3n) is 2.73. The van der Waals surface area contributed by atoms with Crippen molar-refractivity contribution in [1.82, 2.24) is 0 Å². The molecule has 0 amide bonds. The minimum Gasteiger partial charge on any atom is -0.368 e. The summed E-state index contributed by atoms with van der Waals surface area (Å²) < 4.78 is 0. The van der Waals surface area contributed by atoms with Gasteiger partial charge in [-0.3, -0.25) is 0 Å². The molecule has 1 aromatic carbocycles. The van der Waals surface area contributed by atoms with Crippen molar-refractivity contribution in [2.24, 2.45) is 0 Å². The molecule has 0 fully saturated rings. The normalized spacial score (nSPS) is 20.2. The van der Waals surface area contributed by atoms with E-state index in [1.807, 2.05) is 0 Å². The highest BCUT2D eigenvalue weighted by atomic mass is 15.1. The van der Waals surface area contributed by atoms with Gasteiger partial charge in [0.05, 0.1) is 0 Å². The predicted octanol–water partition coefficient (Wildman–Crippen LogP) is 2.93. The van der Waals surface area contributed by atoms with Crippen LogP contribution in [0.3, 0.4) is 0 Å². The van der Waals surface area contributed by atoms with Crippen molar-refractivity contribution in [3.63, 3.8) is 0 Å². The van der Waals surface area contributed by atoms with Crippen LogP contribution in [-0.4, -0.2) is 13.1 Å². The Hall–Kier alpha value is -1.24. The molecule has 13 heavy (non-hydrogen) atoms. The summed E-state index contributed by atoms with van der Waals surface area (Å²) in [6, 6.07) is 9.09. The van der Waals surface area contributed by atoms with Crippen molar-refractivity contribution in [2.45, 2.75) is 19.4 Å². The Morgan fingerprint density at radius 2 is 2.08 bits per heavy atom. The molecule has 0 saturated heterocycles. The molecule has 0 radical (unpaired) electrons. The minimum atomic E-state index is 0.565. The Labute approximate surface area is 79.7 Å². The van der Waals surface area contributed by atoms with E-state index in [4.69, 9.17) is 0 Å². The largest absolute Gasteiger partial charge is 0.368 e. The highest BCUT2D eigenvalue weighted by molar-refractivity contribution is 5.71. The summed E-state index contributed by atoms with van der Waals surface area (Å²) in [5.74, 6) is 0. The van der Waals surface area contributed by atoms with Crippen LogP contribution in [0, 0.1) is 0 Å². The van der Waals surface area contributed by atoms with Crippen molar-refractivity contribution in [3.8, 4) is 0 Å². The van der Waals surface area contributed by atoms with Crippen molar-refractivity contribution in [2.75, 3.05) is 11.9 Å². The Morgan fingerprint density at radius 1 is 1.31 bits per heavy atom. The molecule has 0 N–H and O–H groups in total. The Balaban J connectivity index is 2.42. The number of hydrogen-bond donors (Lipinski definition) is 0. The zero-order valence-electron chi connectivity index (χ0n) is 8.20. The first kappa shape index (κ1) is 8.36. The van der Waals surface area contributed by atoms with Crippen LogP contribution in [0.25, 0.3) is 6.08 Å². The minimum absolute atomic E-state index is 0.565. The van der Waals surface area contributed by atoms with Gasteiger partial charge < -0.3 is 4.90 Å². The van der Waals surface area contributed by atoms with Gasteiger partial charge >= 0.3 is 0 Å². The molecule has 0 aromatic heterocycles. The first-order chi connectivity index (χ1) is 6.33. The van der Waals surface area contributed by atoms with Gasteiger partial charge in [0, 0.05) is 18.8 Å². The zero-order chi connectivity index (χ0) is 9.26. The van der Waals surface area contributed by atoms with Gasteiger partial charge in [-0.25, -0.2) is 0 Å². The smallest absolute Gasteiger partial charge is 0.0470 e. The summed E-state index contributed by atoms with van der Waals surface area (Å²) in [6.07, 6.45) is 5.67. The predicted molar refractivity (Wildman–Crippen MR) is 58.0 cm³/mol. The van der Waals surface area contributed by atoms with E-state index in [9.17, 15) is 0 Å². The van der Waals surface area contributed by atoms with Gasteiger partial charge in [0.1, 0.15) is 0 Å². The van der Waals surface area contributed by atoms with Crippen molar-refractivity contribution < 1.29 is 0 Å². The quantitative estimate of drug-likeness (QED) is 0.631. The Kier molecular flexibility index (Phi) is 2.09. The van der Waals surface area contributed by atoms with Gasteiger partial charge in [-0.2, -0.15) is 0 Å². The van der Waals surface area contributed by atoms with Crippen LogP contribution >= 0.6 is 0 Å². The molecule has 68 valence electrons. The third-order valence-corrected chi connectivity index (χ3v) is 2.73. The maximum absolute atomic E-state index is 2.34. The summed E-state index contributed by atoms with van der Waals surface area (Å²) in [7, 11) is 2.16. The lowest BCUT2D eigenvalue weighted by atomic mass is 10.0. The standard InChI is InChI=1S/C12H15N/c1-3-11-9-8-10-6-4-5-7-12(10)13(11)2/h4-9,11H,3H2,1-2H3. The van der Waals surface area contributed by atoms with E-state index in [1.165, 1.54) is 17.7 Å². The average molecular weight is 173 g/mol. The first-order valence-corrected chi connectivity index (χ1v) is 4.83. The molecular weight excluding hydrogens is 158 g/mol. The molecule has 0 spiro atoms. The maximum Gasteiger partial charge on any atom is 0.0470 e. The summed E-state index contributed by atoms with van der Waals surface area (Å²) in [6.45, 7) is 2.22. The molecular formula is C12H15N. The molecule has 1 aromatic rings. The van der Waals surface area contributed by atoms with Crippen LogP contribution in [0.1, 0.15) is 18.9 Å². The summed E-state index contributed by atoms with van der Waals surface area (Å²) >= 11 is 0. The Morgan fingerprint density at radius 3 is 2.85 bits per heavy atom. The SMILES string of the molecule is CCC1C=Cc2ccccc2N1C. The number of fused-ring (bicyclic) bond motifs is 1. The van der Waals surface area contributed by atoms with Gasteiger partial charge in [-0.15, -0.1) is 0 Å². The molecule has 1 heterocycles. The number of hydrogen-bond acceptors (Lipinski definition) is 1. The number of likely N-dealkylation sites (N-methyl/N-ethyl adjacent to an activating group) is 1. The summed E-state index contributed by atoms with van der Waals surface area (Å²) in [4.78, 5) is 2.34. The molecule has 1 unspecified atom stereocenters. The van der Waals surface area contributed by atoms with Gasteiger partial charge in [0.2, 0.25) is 0 Å². The van der Waals surface area contributed by atoms with Crippen molar-refractivity contribution in [1.29, 1.82) is 0 Å². The van der Waals surface area contributed by atoms with Crippen LogP contribution in [0.5, 0.6) is 0 Å². The molecule has 0 aliphatic carbocycles. The van der Waals surface area contributed by atoms with Gasteiger partial charge in [-0.05, 0) is 18.1 Å². The van der Waals surface area contributed by atoms with Crippen LogP contribution < -0.4 is 4.90 Å². The van der Waals surface area contributed by atoms with Crippen molar-refractivity contribution >= 4 is 11.8 Å². The number of para-hydroxylation sites is 1. The van der Waals surface area contributed by atoms with Gasteiger partial charge in [-0.1, -0.05) is 37.3 Å². The monoisotopic (exact) mass is 173 g/mol. The second-order valence-corrected chi connectivity index (χ2v) is 3.50. The lowest BCUT2D eigenvalue weighted by molar-refractivity contribution is 0.719. The van der Waals surface area contributed by atoms with E-state index in [0.29, 0.717) is 6.04 Å². The van der Waals surface area contributed by atoms with E-state index < -0.39 is 0 Å². The zero-order valence-corrected chi connectivity index (χ0v) is 8.20. The van der Waals surface area contributed by atoms with Crippen molar-refractivity contribution in [3.05, 3.63) is 35.9 Å². The number of nitrogens with zero attached hydrogens (tertiary/aromatic N) is 1. The number of anilines is 1. The average Bonchev–Trinajstić information content (AvgIpc) is 2.19. The maximum atomic E-state index is 2.34. The molecule has 1 aliphatic rings. The number of rotatable bonds is 1. The molecule has 0 saturated carbocycles. The van der Waals surface area contributed by atoms with E-state index >= 15 is 0 Å². The number of benzene rings is 1. The topological polar surface area (TPSA) is 3.24 Å². The highest BCUT2D eigenvalue weighted by Crippen LogP contribution is 2.27. The van der Waals surface area contributed by atoms with Gasteiger partial charge in [0.15, 0.2) is 0 Å². The summed E-state index contributed by atoms with van der Waals surface area (Å²) in [5.41, 5.74) is 2.67. The fourth-order valence-electron chi connectivity index (χ4n) is 1.88.